The molecule has 0 radical (unpaired) electrons. The van der Waals surface area contributed by atoms with E-state index in [4.69, 9.17) is 5.73 Å². The molecule has 5 nitrogen and oxygen atoms in total. The van der Waals surface area contributed by atoms with Crippen LogP contribution >= 0.6 is 0 Å². The number of nitrogens with one attached hydrogen (secondary N) is 1. The third kappa shape index (κ3) is 4.93. The van der Waals surface area contributed by atoms with Crippen LogP contribution in [-0.2, 0) is 22.4 Å². The van der Waals surface area contributed by atoms with Gasteiger partial charge in [0, 0.05) is 6.42 Å². The lowest BCUT2D eigenvalue weighted by atomic mass is 9.92. The average molecular weight is 326 g/mol. The predicted octanol–water partition coefficient (Wildman–Crippen LogP) is 1.76. The van der Waals surface area contributed by atoms with Crippen LogP contribution in [-0.4, -0.2) is 28.6 Å². The normalized spacial score (nSPS) is 14.4. The highest BCUT2D eigenvalue weighted by Crippen LogP contribution is 2.12. The predicted molar refractivity (Wildman–Crippen MR) is 92.5 cm³/mol. The van der Waals surface area contributed by atoms with Gasteiger partial charge in [0.2, 0.25) is 5.91 Å². The molecule has 2 aromatic carbocycles. The second-order valence-corrected chi connectivity index (χ2v) is 6.13. The lowest BCUT2D eigenvalue weighted by Gasteiger charge is -2.26. The standard InChI is InChI=1S/C19H22N2O3/c1-19(20,13-15-10-6-3-7-11-15)18(24)21-16(17(22)23)12-14-8-4-2-5-9-14/h2-11,16H,12-13,20H2,1H3,(H,21,24)(H,22,23)/t16-,19-/m0/s1. The summed E-state index contributed by atoms with van der Waals surface area (Å²) in [5.74, 6) is -1.56. The highest BCUT2D eigenvalue weighted by Gasteiger charge is 2.32. The molecule has 0 saturated heterocycles. The van der Waals surface area contributed by atoms with E-state index in [1.54, 1.807) is 6.92 Å². The van der Waals surface area contributed by atoms with Gasteiger partial charge in [-0.25, -0.2) is 4.79 Å². The first kappa shape index (κ1) is 17.7. The molecule has 126 valence electrons. The van der Waals surface area contributed by atoms with Gasteiger partial charge < -0.3 is 16.2 Å². The topological polar surface area (TPSA) is 92.4 Å². The van der Waals surface area contributed by atoms with E-state index < -0.39 is 23.5 Å². The fourth-order valence-electron chi connectivity index (χ4n) is 2.47. The Bertz CT molecular complexity index is 684. The maximum absolute atomic E-state index is 12.5. The Balaban J connectivity index is 2.05. The van der Waals surface area contributed by atoms with Crippen LogP contribution in [0.4, 0.5) is 0 Å². The number of carboxylic acid groups (broad SMARTS) is 1. The summed E-state index contributed by atoms with van der Waals surface area (Å²) >= 11 is 0. The molecule has 2 aromatic rings. The van der Waals surface area contributed by atoms with E-state index in [0.29, 0.717) is 6.42 Å². The minimum absolute atomic E-state index is 0.212. The molecule has 0 spiro atoms. The Labute approximate surface area is 141 Å². The van der Waals surface area contributed by atoms with Crippen molar-refractivity contribution in [1.29, 1.82) is 0 Å². The van der Waals surface area contributed by atoms with Crippen LogP contribution < -0.4 is 11.1 Å². The summed E-state index contributed by atoms with van der Waals surface area (Å²) in [6, 6.07) is 17.6. The smallest absolute Gasteiger partial charge is 0.326 e. The Morgan fingerprint density at radius 2 is 1.54 bits per heavy atom. The second kappa shape index (κ2) is 7.75. The maximum atomic E-state index is 12.5. The summed E-state index contributed by atoms with van der Waals surface area (Å²) < 4.78 is 0. The third-order valence-corrected chi connectivity index (χ3v) is 3.82. The van der Waals surface area contributed by atoms with Crippen molar-refractivity contribution in [2.45, 2.75) is 31.3 Å². The van der Waals surface area contributed by atoms with Gasteiger partial charge in [-0.3, -0.25) is 4.79 Å². The summed E-state index contributed by atoms with van der Waals surface area (Å²) in [5.41, 5.74) is 6.70. The van der Waals surface area contributed by atoms with Crippen LogP contribution in [0.5, 0.6) is 0 Å². The number of hydrogen-bond donors (Lipinski definition) is 3. The number of hydrogen-bond acceptors (Lipinski definition) is 3. The molecule has 2 atom stereocenters. The van der Waals surface area contributed by atoms with Gasteiger partial charge in [-0.15, -0.1) is 0 Å². The van der Waals surface area contributed by atoms with Gasteiger partial charge in [0.05, 0.1) is 5.54 Å². The number of benzene rings is 2. The van der Waals surface area contributed by atoms with Gasteiger partial charge in [0.15, 0.2) is 0 Å². The first-order chi connectivity index (χ1) is 11.4. The van der Waals surface area contributed by atoms with E-state index in [1.807, 2.05) is 60.7 Å². The molecule has 0 aliphatic carbocycles. The monoisotopic (exact) mass is 326 g/mol. The summed E-state index contributed by atoms with van der Waals surface area (Å²) in [7, 11) is 0. The first-order valence-electron chi connectivity index (χ1n) is 7.79. The Kier molecular flexibility index (Phi) is 5.71. The lowest BCUT2D eigenvalue weighted by molar-refractivity contribution is -0.142. The molecule has 0 aliphatic rings. The van der Waals surface area contributed by atoms with Crippen LogP contribution in [0, 0.1) is 0 Å². The highest BCUT2D eigenvalue weighted by molar-refractivity contribution is 5.90. The van der Waals surface area contributed by atoms with Crippen molar-refractivity contribution in [1.82, 2.24) is 5.32 Å². The fourth-order valence-corrected chi connectivity index (χ4v) is 2.47. The van der Waals surface area contributed by atoms with Crippen LogP contribution in [0.25, 0.3) is 0 Å². The number of carbonyl (C=O) groups excluding carboxylic acids is 1. The molecule has 1 amide bonds. The summed E-state index contributed by atoms with van der Waals surface area (Å²) in [6.07, 6.45) is 0.542. The minimum Gasteiger partial charge on any atom is -0.480 e. The number of rotatable bonds is 7. The van der Waals surface area contributed by atoms with Gasteiger partial charge in [0.25, 0.3) is 0 Å². The molecule has 0 aromatic heterocycles. The quantitative estimate of drug-likeness (QED) is 0.723. The molecule has 0 unspecified atom stereocenters. The second-order valence-electron chi connectivity index (χ2n) is 6.13. The number of amides is 1. The van der Waals surface area contributed by atoms with E-state index in [1.165, 1.54) is 0 Å². The SMILES string of the molecule is C[C@](N)(Cc1ccccc1)C(=O)N[C@@H](Cc1ccccc1)C(=O)O. The van der Waals surface area contributed by atoms with Gasteiger partial charge in [-0.2, -0.15) is 0 Å². The molecule has 0 saturated carbocycles. The molecule has 24 heavy (non-hydrogen) atoms. The molecule has 0 fully saturated rings. The van der Waals surface area contributed by atoms with Crippen molar-refractivity contribution < 1.29 is 14.7 Å². The Morgan fingerprint density at radius 3 is 2.04 bits per heavy atom. The first-order valence-corrected chi connectivity index (χ1v) is 7.79. The van der Waals surface area contributed by atoms with E-state index in [9.17, 15) is 14.7 Å². The van der Waals surface area contributed by atoms with Crippen molar-refractivity contribution in [3.8, 4) is 0 Å². The zero-order chi connectivity index (χ0) is 17.6. The number of nitrogens with two attached hydrogens (primary N) is 1. The van der Waals surface area contributed by atoms with Crippen molar-refractivity contribution in [2.75, 3.05) is 0 Å². The fraction of sp³-hybridized carbons (Fsp3) is 0.263. The zero-order valence-corrected chi connectivity index (χ0v) is 13.6. The molecule has 0 heterocycles. The van der Waals surface area contributed by atoms with Crippen molar-refractivity contribution in [3.63, 3.8) is 0 Å². The largest absolute Gasteiger partial charge is 0.480 e. The third-order valence-electron chi connectivity index (χ3n) is 3.82. The minimum atomic E-state index is -1.19. The summed E-state index contributed by atoms with van der Waals surface area (Å²) in [5, 5.41) is 11.9. The molecule has 0 bridgehead atoms. The summed E-state index contributed by atoms with van der Waals surface area (Å²) in [6.45, 7) is 1.61. The number of carbonyl (C=O) groups is 2. The van der Waals surface area contributed by atoms with Crippen LogP contribution in [0.2, 0.25) is 0 Å². The molecule has 0 aliphatic heterocycles. The lowest BCUT2D eigenvalue weighted by Crippen LogP contribution is -2.57. The van der Waals surface area contributed by atoms with Gasteiger partial charge in [0.1, 0.15) is 6.04 Å². The molecular weight excluding hydrogens is 304 g/mol. The van der Waals surface area contributed by atoms with Crippen molar-refractivity contribution in [2.24, 2.45) is 5.73 Å². The summed E-state index contributed by atoms with van der Waals surface area (Å²) in [4.78, 5) is 23.9. The van der Waals surface area contributed by atoms with E-state index in [0.717, 1.165) is 11.1 Å². The van der Waals surface area contributed by atoms with Crippen LogP contribution in [0.15, 0.2) is 60.7 Å². The Morgan fingerprint density at radius 1 is 1.04 bits per heavy atom. The maximum Gasteiger partial charge on any atom is 0.326 e. The molecule has 4 N–H and O–H groups in total. The van der Waals surface area contributed by atoms with Crippen molar-refractivity contribution in [3.05, 3.63) is 71.8 Å². The Hall–Kier alpha value is -2.66. The van der Waals surface area contributed by atoms with E-state index in [-0.39, 0.29) is 6.42 Å². The van der Waals surface area contributed by atoms with Crippen LogP contribution in [0.1, 0.15) is 18.1 Å². The molecule has 5 heteroatoms. The van der Waals surface area contributed by atoms with E-state index in [2.05, 4.69) is 5.32 Å². The van der Waals surface area contributed by atoms with Crippen LogP contribution in [0.3, 0.4) is 0 Å². The highest BCUT2D eigenvalue weighted by atomic mass is 16.4. The van der Waals surface area contributed by atoms with Gasteiger partial charge in [-0.1, -0.05) is 60.7 Å². The number of carboxylic acids is 1. The molecular formula is C19H22N2O3. The van der Waals surface area contributed by atoms with Crippen molar-refractivity contribution >= 4 is 11.9 Å². The number of aliphatic carboxylic acids is 1. The zero-order valence-electron chi connectivity index (χ0n) is 13.6. The van der Waals surface area contributed by atoms with Gasteiger partial charge >= 0.3 is 5.97 Å². The van der Waals surface area contributed by atoms with Gasteiger partial charge in [-0.05, 0) is 24.5 Å². The molecule has 2 rings (SSSR count). The van der Waals surface area contributed by atoms with E-state index >= 15 is 0 Å². The average Bonchev–Trinajstić information content (AvgIpc) is 2.55.